The molecule has 0 unspecified atom stereocenters. The molecule has 2 aromatic carbocycles. The Kier molecular flexibility index (Phi) is 2.78. The highest BCUT2D eigenvalue weighted by Gasteiger charge is 2.09. The number of benzene rings is 2. The van der Waals surface area contributed by atoms with Crippen molar-refractivity contribution in [2.24, 2.45) is 5.84 Å². The monoisotopic (exact) mass is 252 g/mol. The highest BCUT2D eigenvalue weighted by atomic mass is 16.3. The van der Waals surface area contributed by atoms with E-state index in [0.717, 1.165) is 5.56 Å². The molecule has 1 aromatic heterocycles. The number of hydrogen-bond acceptors (Lipinski definition) is 4. The Bertz CT molecular complexity index is 779. The van der Waals surface area contributed by atoms with Crippen LogP contribution in [0.15, 0.2) is 63.8 Å². The summed E-state index contributed by atoms with van der Waals surface area (Å²) in [4.78, 5) is 12.2. The van der Waals surface area contributed by atoms with Crippen molar-refractivity contribution in [2.45, 2.75) is 0 Å². The fourth-order valence-corrected chi connectivity index (χ4v) is 2.07. The molecule has 0 saturated heterocycles. The zero-order valence-electron chi connectivity index (χ0n) is 10.1. The number of hydrazine groups is 1. The van der Waals surface area contributed by atoms with E-state index in [0.29, 0.717) is 22.4 Å². The lowest BCUT2D eigenvalue weighted by Crippen LogP contribution is -2.11. The predicted molar refractivity (Wildman–Crippen MR) is 75.7 cm³/mol. The zero-order valence-corrected chi connectivity index (χ0v) is 10.1. The minimum Gasteiger partial charge on any atom is -0.456 e. The summed E-state index contributed by atoms with van der Waals surface area (Å²) in [6.07, 6.45) is 0. The molecular formula is C15H12N2O2. The number of nitrogens with one attached hydrogen (secondary N) is 1. The molecule has 0 radical (unpaired) electrons. The van der Waals surface area contributed by atoms with Crippen LogP contribution >= 0.6 is 0 Å². The number of nitrogen functional groups attached to an aromatic ring is 1. The van der Waals surface area contributed by atoms with Gasteiger partial charge in [-0.1, -0.05) is 36.4 Å². The summed E-state index contributed by atoms with van der Waals surface area (Å²) in [5.74, 6) is 5.95. The first-order valence-corrected chi connectivity index (χ1v) is 5.88. The van der Waals surface area contributed by atoms with Gasteiger partial charge in [0.1, 0.15) is 11.3 Å². The Labute approximate surface area is 109 Å². The van der Waals surface area contributed by atoms with E-state index in [9.17, 15) is 4.79 Å². The maximum atomic E-state index is 12.2. The fraction of sp³-hybridized carbons (Fsp3) is 0. The molecule has 0 saturated carbocycles. The smallest absolute Gasteiger partial charge is 0.195 e. The minimum atomic E-state index is -0.117. The van der Waals surface area contributed by atoms with E-state index in [4.69, 9.17) is 10.3 Å². The van der Waals surface area contributed by atoms with Crippen LogP contribution in [0.5, 0.6) is 0 Å². The first kappa shape index (κ1) is 11.5. The minimum absolute atomic E-state index is 0.117. The molecule has 0 aliphatic carbocycles. The molecule has 3 rings (SSSR count). The average Bonchev–Trinajstić information content (AvgIpc) is 2.47. The van der Waals surface area contributed by atoms with Crippen molar-refractivity contribution in [2.75, 3.05) is 5.43 Å². The van der Waals surface area contributed by atoms with Crippen molar-refractivity contribution in [1.29, 1.82) is 0 Å². The van der Waals surface area contributed by atoms with Gasteiger partial charge in [0.2, 0.25) is 0 Å². The molecule has 0 bridgehead atoms. The summed E-state index contributed by atoms with van der Waals surface area (Å²) in [5.41, 5.74) is 4.34. The van der Waals surface area contributed by atoms with E-state index in [2.05, 4.69) is 5.43 Å². The summed E-state index contributed by atoms with van der Waals surface area (Å²) in [7, 11) is 0. The van der Waals surface area contributed by atoms with Crippen LogP contribution in [-0.2, 0) is 0 Å². The summed E-state index contributed by atoms with van der Waals surface area (Å²) < 4.78 is 5.78. The molecule has 3 N–H and O–H groups in total. The van der Waals surface area contributed by atoms with Gasteiger partial charge in [0.25, 0.3) is 0 Å². The van der Waals surface area contributed by atoms with Crippen molar-refractivity contribution in [3.63, 3.8) is 0 Å². The first-order valence-electron chi connectivity index (χ1n) is 5.88. The van der Waals surface area contributed by atoms with Crippen molar-refractivity contribution in [3.8, 4) is 11.3 Å². The summed E-state index contributed by atoms with van der Waals surface area (Å²) in [6, 6.07) is 16.3. The molecule has 1 heterocycles. The van der Waals surface area contributed by atoms with Gasteiger partial charge in [0.15, 0.2) is 5.43 Å². The summed E-state index contributed by atoms with van der Waals surface area (Å²) in [5, 5.41) is 0.463. The van der Waals surface area contributed by atoms with E-state index in [1.807, 2.05) is 30.3 Å². The van der Waals surface area contributed by atoms with Crippen molar-refractivity contribution >= 4 is 16.7 Å². The Balaban J connectivity index is 2.30. The number of rotatable bonds is 2. The topological polar surface area (TPSA) is 68.3 Å². The van der Waals surface area contributed by atoms with Gasteiger partial charge in [0.05, 0.1) is 11.1 Å². The second kappa shape index (κ2) is 4.59. The summed E-state index contributed by atoms with van der Waals surface area (Å²) in [6.45, 7) is 0. The number of anilines is 1. The third-order valence-electron chi connectivity index (χ3n) is 2.97. The lowest BCUT2D eigenvalue weighted by molar-refractivity contribution is 0.619. The van der Waals surface area contributed by atoms with Gasteiger partial charge < -0.3 is 9.84 Å². The lowest BCUT2D eigenvalue weighted by Gasteiger charge is -2.06. The highest BCUT2D eigenvalue weighted by Crippen LogP contribution is 2.25. The highest BCUT2D eigenvalue weighted by molar-refractivity contribution is 5.90. The van der Waals surface area contributed by atoms with Crippen LogP contribution in [0.25, 0.3) is 22.3 Å². The van der Waals surface area contributed by atoms with E-state index in [1.165, 1.54) is 6.07 Å². The second-order valence-corrected chi connectivity index (χ2v) is 4.16. The molecule has 94 valence electrons. The largest absolute Gasteiger partial charge is 0.456 e. The van der Waals surface area contributed by atoms with Crippen LogP contribution in [0.2, 0.25) is 0 Å². The SMILES string of the molecule is NNc1cccc2oc(-c3ccccc3)cc(=O)c12. The van der Waals surface area contributed by atoms with Crippen LogP contribution in [0.4, 0.5) is 5.69 Å². The first-order chi connectivity index (χ1) is 9.29. The number of nitrogens with two attached hydrogens (primary N) is 1. The van der Waals surface area contributed by atoms with E-state index in [-0.39, 0.29) is 5.43 Å². The zero-order chi connectivity index (χ0) is 13.2. The van der Waals surface area contributed by atoms with Gasteiger partial charge in [-0.2, -0.15) is 0 Å². The lowest BCUT2D eigenvalue weighted by atomic mass is 10.1. The van der Waals surface area contributed by atoms with E-state index >= 15 is 0 Å². The molecule has 0 aliphatic rings. The van der Waals surface area contributed by atoms with Crippen LogP contribution in [0.3, 0.4) is 0 Å². The maximum absolute atomic E-state index is 12.2. The molecule has 3 aromatic rings. The van der Waals surface area contributed by atoms with Crippen LogP contribution in [-0.4, -0.2) is 0 Å². The van der Waals surface area contributed by atoms with Gasteiger partial charge >= 0.3 is 0 Å². The second-order valence-electron chi connectivity index (χ2n) is 4.16. The molecule has 0 fully saturated rings. The summed E-state index contributed by atoms with van der Waals surface area (Å²) >= 11 is 0. The van der Waals surface area contributed by atoms with Gasteiger partial charge in [-0.25, -0.2) is 0 Å². The molecular weight excluding hydrogens is 240 g/mol. The molecule has 4 heteroatoms. The van der Waals surface area contributed by atoms with Gasteiger partial charge in [0, 0.05) is 11.6 Å². The normalized spacial score (nSPS) is 10.6. The fourth-order valence-electron chi connectivity index (χ4n) is 2.07. The average molecular weight is 252 g/mol. The maximum Gasteiger partial charge on any atom is 0.195 e. The van der Waals surface area contributed by atoms with Gasteiger partial charge in [-0.05, 0) is 12.1 Å². The van der Waals surface area contributed by atoms with Crippen LogP contribution in [0.1, 0.15) is 0 Å². The molecule has 0 amide bonds. The predicted octanol–water partition coefficient (Wildman–Crippen LogP) is 2.75. The van der Waals surface area contributed by atoms with Crippen molar-refractivity contribution in [1.82, 2.24) is 0 Å². The van der Waals surface area contributed by atoms with Crippen LogP contribution < -0.4 is 16.7 Å². The Morgan fingerprint density at radius 1 is 1.00 bits per heavy atom. The Morgan fingerprint density at radius 2 is 1.79 bits per heavy atom. The molecule has 4 nitrogen and oxygen atoms in total. The number of fused-ring (bicyclic) bond motifs is 1. The molecule has 0 spiro atoms. The third kappa shape index (κ3) is 1.98. The Morgan fingerprint density at radius 3 is 2.53 bits per heavy atom. The quantitative estimate of drug-likeness (QED) is 0.543. The van der Waals surface area contributed by atoms with Crippen molar-refractivity contribution in [3.05, 3.63) is 64.8 Å². The van der Waals surface area contributed by atoms with E-state index < -0.39 is 0 Å². The molecule has 19 heavy (non-hydrogen) atoms. The van der Waals surface area contributed by atoms with Gasteiger partial charge in [-0.3, -0.25) is 10.6 Å². The standard InChI is InChI=1S/C15H12N2O2/c16-17-11-7-4-8-13-15(11)12(18)9-14(19-13)10-5-2-1-3-6-10/h1-9,17H,16H2. The number of hydrogen-bond donors (Lipinski definition) is 2. The van der Waals surface area contributed by atoms with Crippen molar-refractivity contribution < 1.29 is 4.42 Å². The Hall–Kier alpha value is -2.59. The molecule has 0 aliphatic heterocycles. The van der Waals surface area contributed by atoms with Crippen LogP contribution in [0, 0.1) is 0 Å². The third-order valence-corrected chi connectivity index (χ3v) is 2.97. The molecule has 0 atom stereocenters. The van der Waals surface area contributed by atoms with E-state index in [1.54, 1.807) is 18.2 Å². The van der Waals surface area contributed by atoms with Gasteiger partial charge in [-0.15, -0.1) is 0 Å².